The van der Waals surface area contributed by atoms with Gasteiger partial charge in [0.2, 0.25) is 5.91 Å². The van der Waals surface area contributed by atoms with E-state index in [0.717, 1.165) is 12.8 Å². The smallest absolute Gasteiger partial charge is 0.326 e. The molecule has 152 valence electrons. The number of carboxylic acid groups (broad SMARTS) is 1. The molecule has 0 aliphatic carbocycles. The Kier molecular flexibility index (Phi) is 13.1. The summed E-state index contributed by atoms with van der Waals surface area (Å²) >= 11 is 0. The van der Waals surface area contributed by atoms with Gasteiger partial charge >= 0.3 is 5.97 Å². The average Bonchev–Trinajstić information content (AvgIpc) is 2.55. The molecule has 27 heavy (non-hydrogen) atoms. The summed E-state index contributed by atoms with van der Waals surface area (Å²) in [7, 11) is 0. The molecule has 0 saturated heterocycles. The molecule has 0 rings (SSSR count). The largest absolute Gasteiger partial charge is 0.480 e. The van der Waals surface area contributed by atoms with Crippen LogP contribution in [-0.4, -0.2) is 41.3 Å². The Labute approximate surface area is 160 Å². The minimum atomic E-state index is -1.11. The molecule has 0 saturated carbocycles. The van der Waals surface area contributed by atoms with Gasteiger partial charge in [0.15, 0.2) is 5.96 Å². The Bertz CT molecular complexity index is 564. The molecule has 1 atom stereocenters. The fourth-order valence-corrected chi connectivity index (χ4v) is 2.27. The Balaban J connectivity index is 4.12. The van der Waals surface area contributed by atoms with Gasteiger partial charge in [0.1, 0.15) is 11.8 Å². The predicted molar refractivity (Wildman–Crippen MR) is 106 cm³/mol. The van der Waals surface area contributed by atoms with Crippen molar-refractivity contribution in [2.45, 2.75) is 58.4 Å². The molecule has 6 N–H and O–H groups in total. The number of hydrogen-bond donors (Lipinski definition) is 4. The minimum absolute atomic E-state index is 0.0510. The Morgan fingerprint density at radius 2 is 1.85 bits per heavy atom. The lowest BCUT2D eigenvalue weighted by molar-refractivity contribution is -0.141. The molecule has 8 heteroatoms. The van der Waals surface area contributed by atoms with E-state index in [0.29, 0.717) is 31.7 Å². The Morgan fingerprint density at radius 1 is 1.15 bits per heavy atom. The number of unbranched alkanes of at least 4 members (excludes halogenated alkanes) is 1. The maximum atomic E-state index is 11.8. The van der Waals surface area contributed by atoms with E-state index in [2.05, 4.69) is 10.3 Å². The van der Waals surface area contributed by atoms with Crippen molar-refractivity contribution in [2.75, 3.05) is 6.54 Å². The number of carbonyl (C=O) groups is 3. The van der Waals surface area contributed by atoms with Crippen LogP contribution in [0.4, 0.5) is 0 Å². The lowest BCUT2D eigenvalue weighted by Gasteiger charge is -2.12. The van der Waals surface area contributed by atoms with Gasteiger partial charge in [-0.25, -0.2) is 4.79 Å². The summed E-state index contributed by atoms with van der Waals surface area (Å²) in [5.41, 5.74) is 10.4. The first-order chi connectivity index (χ1) is 12.7. The first kappa shape index (κ1) is 24.4. The highest BCUT2D eigenvalue weighted by Crippen LogP contribution is 2.06. The number of carbonyl (C=O) groups excluding carboxylic acids is 2. The predicted octanol–water partition coefficient (Wildman–Crippen LogP) is 1.51. The van der Waals surface area contributed by atoms with Crippen molar-refractivity contribution in [3.05, 3.63) is 24.3 Å². The number of nitrogens with two attached hydrogens (primary N) is 2. The van der Waals surface area contributed by atoms with Crippen molar-refractivity contribution in [1.82, 2.24) is 5.32 Å². The van der Waals surface area contributed by atoms with E-state index in [4.69, 9.17) is 16.6 Å². The monoisotopic (exact) mass is 380 g/mol. The first-order valence-electron chi connectivity index (χ1n) is 9.16. The number of ketones is 1. The molecule has 0 aromatic heterocycles. The molecule has 8 nitrogen and oxygen atoms in total. The fraction of sp³-hybridized carbons (Fsp3) is 0.579. The summed E-state index contributed by atoms with van der Waals surface area (Å²) in [6.45, 7) is 4.35. The average molecular weight is 380 g/mol. The van der Waals surface area contributed by atoms with Crippen LogP contribution >= 0.6 is 0 Å². The third kappa shape index (κ3) is 15.3. The van der Waals surface area contributed by atoms with Crippen LogP contribution in [0.5, 0.6) is 0 Å². The van der Waals surface area contributed by atoms with Crippen LogP contribution in [0.15, 0.2) is 29.3 Å². The van der Waals surface area contributed by atoms with Crippen molar-refractivity contribution in [2.24, 2.45) is 22.4 Å². The van der Waals surface area contributed by atoms with E-state index in [1.54, 1.807) is 12.2 Å². The van der Waals surface area contributed by atoms with E-state index in [-0.39, 0.29) is 18.2 Å². The van der Waals surface area contributed by atoms with Gasteiger partial charge in [-0.3, -0.25) is 14.6 Å². The van der Waals surface area contributed by atoms with Crippen LogP contribution in [0.25, 0.3) is 0 Å². The van der Waals surface area contributed by atoms with E-state index in [1.807, 2.05) is 19.9 Å². The van der Waals surface area contributed by atoms with E-state index < -0.39 is 17.9 Å². The van der Waals surface area contributed by atoms with Crippen molar-refractivity contribution in [3.63, 3.8) is 0 Å². The molecule has 0 heterocycles. The minimum Gasteiger partial charge on any atom is -0.480 e. The summed E-state index contributed by atoms with van der Waals surface area (Å²) in [4.78, 5) is 38.3. The molecule has 0 fully saturated rings. The van der Waals surface area contributed by atoms with Gasteiger partial charge in [-0.1, -0.05) is 32.1 Å². The number of nitrogens with zero attached hydrogens (tertiary/aromatic N) is 1. The molecule has 1 amide bonds. The molecule has 0 aliphatic rings. The summed E-state index contributed by atoms with van der Waals surface area (Å²) in [6, 6.07) is -0.993. The number of aliphatic carboxylic acids is 1. The standard InChI is InChI=1S/C19H32N4O4/c1-14(2)13-15(24)9-6-4-3-5-7-11-17(25)23-16(18(26)27)10-8-12-22-19(20)21/h3,5,7,11,14,16H,4,6,8-10,12-13H2,1-2H3,(H,23,25)(H,26,27)(H4,20,21,22)/b5-3+,11-7+/t16-/m0/s1. The van der Waals surface area contributed by atoms with Crippen molar-refractivity contribution >= 4 is 23.6 Å². The number of rotatable bonds is 14. The summed E-state index contributed by atoms with van der Waals surface area (Å²) in [5.74, 6) is -0.988. The van der Waals surface area contributed by atoms with Crippen LogP contribution in [0.2, 0.25) is 0 Å². The Morgan fingerprint density at radius 3 is 2.44 bits per heavy atom. The second-order valence-corrected chi connectivity index (χ2v) is 6.66. The number of guanidine groups is 1. The van der Waals surface area contributed by atoms with Gasteiger partial charge in [0, 0.05) is 25.5 Å². The molecule has 0 aromatic carbocycles. The quantitative estimate of drug-likeness (QED) is 0.118. The molecule has 0 radical (unpaired) electrons. The molecule has 0 spiro atoms. The lowest BCUT2D eigenvalue weighted by atomic mass is 10.0. The van der Waals surface area contributed by atoms with Crippen LogP contribution in [0.3, 0.4) is 0 Å². The number of aliphatic imine (C=N–C) groups is 1. The van der Waals surface area contributed by atoms with Gasteiger partial charge in [0.05, 0.1) is 0 Å². The van der Waals surface area contributed by atoms with Crippen LogP contribution in [-0.2, 0) is 14.4 Å². The van der Waals surface area contributed by atoms with Crippen LogP contribution in [0.1, 0.15) is 52.4 Å². The van der Waals surface area contributed by atoms with Crippen molar-refractivity contribution < 1.29 is 19.5 Å². The van der Waals surface area contributed by atoms with E-state index in [1.165, 1.54) is 6.08 Å². The maximum Gasteiger partial charge on any atom is 0.326 e. The van der Waals surface area contributed by atoms with Gasteiger partial charge in [0.25, 0.3) is 0 Å². The van der Waals surface area contributed by atoms with Crippen LogP contribution < -0.4 is 16.8 Å². The summed E-state index contributed by atoms with van der Waals surface area (Å²) < 4.78 is 0. The summed E-state index contributed by atoms with van der Waals surface area (Å²) in [5, 5.41) is 11.6. The normalized spacial score (nSPS) is 12.4. The number of Topliss-reactive ketones (excluding diaryl/α,β-unsaturated/α-hetero) is 1. The van der Waals surface area contributed by atoms with E-state index >= 15 is 0 Å². The van der Waals surface area contributed by atoms with Crippen molar-refractivity contribution in [1.29, 1.82) is 0 Å². The highest BCUT2D eigenvalue weighted by Gasteiger charge is 2.17. The number of allylic oxidation sites excluding steroid dienone is 3. The highest BCUT2D eigenvalue weighted by atomic mass is 16.4. The van der Waals surface area contributed by atoms with Gasteiger partial charge in [-0.05, 0) is 31.6 Å². The molecule has 0 bridgehead atoms. The van der Waals surface area contributed by atoms with Crippen LogP contribution in [0, 0.1) is 5.92 Å². The first-order valence-corrected chi connectivity index (χ1v) is 9.16. The van der Waals surface area contributed by atoms with E-state index in [9.17, 15) is 14.4 Å². The molecule has 0 unspecified atom stereocenters. The molecule has 0 aliphatic heterocycles. The zero-order valence-electron chi connectivity index (χ0n) is 16.2. The number of amides is 1. The number of carboxylic acids is 1. The molecule has 0 aromatic rings. The Hall–Kier alpha value is -2.64. The second-order valence-electron chi connectivity index (χ2n) is 6.66. The number of hydrogen-bond acceptors (Lipinski definition) is 4. The zero-order valence-corrected chi connectivity index (χ0v) is 16.2. The van der Waals surface area contributed by atoms with Gasteiger partial charge < -0.3 is 21.9 Å². The third-order valence-electron chi connectivity index (χ3n) is 3.52. The SMILES string of the molecule is CC(C)CC(=O)CCC/C=C/C=C/C(=O)N[C@@H](CCCN=C(N)N)C(=O)O. The lowest BCUT2D eigenvalue weighted by Crippen LogP contribution is -2.40. The maximum absolute atomic E-state index is 11.8. The zero-order chi connectivity index (χ0) is 20.7. The molecular formula is C19H32N4O4. The molecular weight excluding hydrogens is 348 g/mol. The van der Waals surface area contributed by atoms with Gasteiger partial charge in [-0.15, -0.1) is 0 Å². The van der Waals surface area contributed by atoms with Crippen molar-refractivity contribution in [3.8, 4) is 0 Å². The highest BCUT2D eigenvalue weighted by molar-refractivity contribution is 5.91. The third-order valence-corrected chi connectivity index (χ3v) is 3.52. The second kappa shape index (κ2) is 14.5. The summed E-state index contributed by atoms with van der Waals surface area (Å²) in [6.07, 6.45) is 9.76. The number of nitrogens with one attached hydrogen (secondary N) is 1. The van der Waals surface area contributed by atoms with Gasteiger partial charge in [-0.2, -0.15) is 0 Å². The fourth-order valence-electron chi connectivity index (χ4n) is 2.27. The topological polar surface area (TPSA) is 148 Å².